The maximum absolute atomic E-state index is 4.67. The Morgan fingerprint density at radius 1 is 0.357 bits per heavy atom. The van der Waals surface area contributed by atoms with E-state index >= 15 is 0 Å². The van der Waals surface area contributed by atoms with Gasteiger partial charge in [0, 0.05) is 28.7 Å². The Morgan fingerprint density at radius 3 is 1.67 bits per heavy atom. The number of para-hydroxylation sites is 1. The van der Waals surface area contributed by atoms with Gasteiger partial charge in [-0.15, -0.1) is 0 Å². The maximum Gasteiger partial charge on any atom is 0.0780 e. The molecule has 0 unspecified atom stereocenters. The van der Waals surface area contributed by atoms with E-state index in [4.69, 9.17) is 0 Å². The minimum absolute atomic E-state index is 1.02. The summed E-state index contributed by atoms with van der Waals surface area (Å²) in [4.78, 5) is 9.18. The second-order valence-electron chi connectivity index (χ2n) is 11.0. The molecule has 7 aromatic carbocycles. The Kier molecular flexibility index (Phi) is 4.93. The largest absolute Gasteiger partial charge is 0.256 e. The molecule has 0 aliphatic rings. The van der Waals surface area contributed by atoms with Gasteiger partial charge in [0.15, 0.2) is 0 Å². The first-order valence-electron chi connectivity index (χ1n) is 14.3. The number of hydrogen-bond donors (Lipinski definition) is 0. The van der Waals surface area contributed by atoms with Gasteiger partial charge in [-0.25, -0.2) is 0 Å². The quantitative estimate of drug-likeness (QED) is 0.212. The van der Waals surface area contributed by atoms with Crippen molar-refractivity contribution in [1.29, 1.82) is 0 Å². The van der Waals surface area contributed by atoms with Crippen LogP contribution in [0.25, 0.3) is 87.5 Å². The van der Waals surface area contributed by atoms with Gasteiger partial charge in [0.05, 0.1) is 11.0 Å². The molecule has 9 aromatic rings. The van der Waals surface area contributed by atoms with Crippen molar-refractivity contribution in [2.75, 3.05) is 0 Å². The van der Waals surface area contributed by atoms with E-state index in [9.17, 15) is 0 Å². The van der Waals surface area contributed by atoms with Crippen LogP contribution in [0.4, 0.5) is 0 Å². The first-order chi connectivity index (χ1) is 20.8. The number of pyridine rings is 2. The normalized spacial score (nSPS) is 11.8. The molecule has 0 fully saturated rings. The van der Waals surface area contributed by atoms with Crippen LogP contribution in [0, 0.1) is 0 Å². The highest BCUT2D eigenvalue weighted by molar-refractivity contribution is 6.27. The summed E-state index contributed by atoms with van der Waals surface area (Å²) in [6.45, 7) is 0. The highest BCUT2D eigenvalue weighted by atomic mass is 14.6. The molecule has 2 heterocycles. The van der Waals surface area contributed by atoms with Gasteiger partial charge in [-0.05, 0) is 84.4 Å². The van der Waals surface area contributed by atoms with E-state index < -0.39 is 0 Å². The van der Waals surface area contributed by atoms with Crippen molar-refractivity contribution in [3.63, 3.8) is 0 Å². The lowest BCUT2D eigenvalue weighted by molar-refractivity contribution is 1.41. The monoisotopic (exact) mass is 532 g/mol. The van der Waals surface area contributed by atoms with Crippen molar-refractivity contribution < 1.29 is 0 Å². The molecule has 194 valence electrons. The third kappa shape index (κ3) is 3.45. The highest BCUT2D eigenvalue weighted by Crippen LogP contribution is 2.43. The van der Waals surface area contributed by atoms with Gasteiger partial charge < -0.3 is 0 Å². The lowest BCUT2D eigenvalue weighted by Crippen LogP contribution is -1.90. The molecule has 0 saturated heterocycles. The summed E-state index contributed by atoms with van der Waals surface area (Å²) in [6, 6.07) is 48.4. The fourth-order valence-corrected chi connectivity index (χ4v) is 6.71. The van der Waals surface area contributed by atoms with E-state index in [-0.39, 0.29) is 0 Å². The molecule has 0 bridgehead atoms. The SMILES string of the molecule is c1cnc2ccc(-c3ccc4ccc5c(-c6ccc(-c7cccc8cccnc78)cc6)ccc6ccc3c4c65)cc2c1. The molecular formula is C40H24N2. The van der Waals surface area contributed by atoms with Gasteiger partial charge in [-0.1, -0.05) is 109 Å². The smallest absolute Gasteiger partial charge is 0.0780 e. The maximum atomic E-state index is 4.67. The molecule has 0 N–H and O–H groups in total. The molecule has 0 radical (unpaired) electrons. The van der Waals surface area contributed by atoms with E-state index in [1.54, 1.807) is 0 Å². The first kappa shape index (κ1) is 23.1. The van der Waals surface area contributed by atoms with E-state index in [1.807, 2.05) is 24.5 Å². The van der Waals surface area contributed by atoms with E-state index in [0.717, 1.165) is 27.4 Å². The van der Waals surface area contributed by atoms with Gasteiger partial charge >= 0.3 is 0 Å². The van der Waals surface area contributed by atoms with Crippen molar-refractivity contribution in [2.45, 2.75) is 0 Å². The summed E-state index contributed by atoms with van der Waals surface area (Å²) in [6.07, 6.45) is 3.72. The van der Waals surface area contributed by atoms with Crippen molar-refractivity contribution >= 4 is 54.1 Å². The zero-order chi connectivity index (χ0) is 27.6. The highest BCUT2D eigenvalue weighted by Gasteiger charge is 2.15. The number of benzene rings is 7. The summed E-state index contributed by atoms with van der Waals surface area (Å²) in [5.74, 6) is 0. The van der Waals surface area contributed by atoms with Crippen molar-refractivity contribution in [2.24, 2.45) is 0 Å². The average molecular weight is 533 g/mol. The van der Waals surface area contributed by atoms with E-state index in [0.29, 0.717) is 0 Å². The van der Waals surface area contributed by atoms with E-state index in [1.165, 1.54) is 60.1 Å². The Bertz CT molecular complexity index is 2450. The molecule has 0 aliphatic heterocycles. The molecule has 9 rings (SSSR count). The summed E-state index contributed by atoms with van der Waals surface area (Å²) >= 11 is 0. The standard InChI is InChI=1S/C40H24N2/c1-4-29-5-2-23-42-40(29)34(7-1)26-10-8-25(9-11-26)32-17-12-27-15-20-36-33(18-13-28-14-19-35(32)38(27)39(28)36)30-16-21-37-31(24-30)6-3-22-41-37/h1-24H. The molecule has 2 heteroatoms. The van der Waals surface area contributed by atoms with Gasteiger partial charge in [-0.2, -0.15) is 0 Å². The molecule has 2 aromatic heterocycles. The number of rotatable bonds is 3. The average Bonchev–Trinajstić information content (AvgIpc) is 3.06. The Labute approximate surface area is 242 Å². The third-order valence-electron chi connectivity index (χ3n) is 8.72. The van der Waals surface area contributed by atoms with E-state index in [2.05, 4.69) is 131 Å². The van der Waals surface area contributed by atoms with Crippen LogP contribution in [0.15, 0.2) is 146 Å². The summed E-state index contributed by atoms with van der Waals surface area (Å²) < 4.78 is 0. The predicted molar refractivity (Wildman–Crippen MR) is 177 cm³/mol. The van der Waals surface area contributed by atoms with Gasteiger partial charge in [0.25, 0.3) is 0 Å². The lowest BCUT2D eigenvalue weighted by Gasteiger charge is -2.17. The van der Waals surface area contributed by atoms with Crippen molar-refractivity contribution in [3.05, 3.63) is 146 Å². The van der Waals surface area contributed by atoms with Gasteiger partial charge in [-0.3, -0.25) is 9.97 Å². The third-order valence-corrected chi connectivity index (χ3v) is 8.72. The Hall–Kier alpha value is -5.60. The van der Waals surface area contributed by atoms with Crippen LogP contribution in [-0.4, -0.2) is 9.97 Å². The number of nitrogens with zero attached hydrogens (tertiary/aromatic N) is 2. The fraction of sp³-hybridized carbons (Fsp3) is 0. The lowest BCUT2D eigenvalue weighted by atomic mass is 9.87. The summed E-state index contributed by atoms with van der Waals surface area (Å²) in [5.41, 5.74) is 9.32. The molecule has 42 heavy (non-hydrogen) atoms. The zero-order valence-corrected chi connectivity index (χ0v) is 22.8. The Balaban J connectivity index is 1.22. The molecule has 0 atom stereocenters. The van der Waals surface area contributed by atoms with Crippen molar-refractivity contribution in [3.8, 4) is 33.4 Å². The number of aromatic nitrogens is 2. The minimum atomic E-state index is 1.02. The number of hydrogen-bond acceptors (Lipinski definition) is 2. The van der Waals surface area contributed by atoms with Gasteiger partial charge in [0.1, 0.15) is 0 Å². The fourth-order valence-electron chi connectivity index (χ4n) is 6.71. The molecule has 0 amide bonds. The van der Waals surface area contributed by atoms with Gasteiger partial charge in [0.2, 0.25) is 0 Å². The van der Waals surface area contributed by atoms with Crippen LogP contribution < -0.4 is 0 Å². The predicted octanol–water partition coefficient (Wildman–Crippen LogP) is 10.7. The zero-order valence-electron chi connectivity index (χ0n) is 22.8. The summed E-state index contributed by atoms with van der Waals surface area (Å²) in [7, 11) is 0. The molecule has 0 saturated carbocycles. The van der Waals surface area contributed by atoms with Crippen LogP contribution in [0.2, 0.25) is 0 Å². The molecule has 0 aliphatic carbocycles. The topological polar surface area (TPSA) is 25.8 Å². The van der Waals surface area contributed by atoms with Crippen LogP contribution in [-0.2, 0) is 0 Å². The first-order valence-corrected chi connectivity index (χ1v) is 14.3. The minimum Gasteiger partial charge on any atom is -0.256 e. The van der Waals surface area contributed by atoms with Crippen LogP contribution >= 0.6 is 0 Å². The second-order valence-corrected chi connectivity index (χ2v) is 11.0. The Morgan fingerprint density at radius 2 is 0.929 bits per heavy atom. The van der Waals surface area contributed by atoms with Crippen molar-refractivity contribution in [1.82, 2.24) is 9.97 Å². The van der Waals surface area contributed by atoms with Crippen LogP contribution in [0.5, 0.6) is 0 Å². The van der Waals surface area contributed by atoms with Crippen LogP contribution in [0.1, 0.15) is 0 Å². The molecule has 0 spiro atoms. The molecule has 2 nitrogen and oxygen atoms in total. The molecular weight excluding hydrogens is 508 g/mol. The van der Waals surface area contributed by atoms with Crippen LogP contribution in [0.3, 0.4) is 0 Å². The summed E-state index contributed by atoms with van der Waals surface area (Å²) in [5, 5.41) is 10.1. The second kappa shape index (κ2) is 8.95. The number of fused-ring (bicyclic) bond motifs is 2.